The van der Waals surface area contributed by atoms with Gasteiger partial charge in [-0.05, 0) is 0 Å². The number of sulfonamides is 1. The van der Waals surface area contributed by atoms with Gasteiger partial charge in [0.05, 0.1) is 0 Å². The lowest BCUT2D eigenvalue weighted by molar-refractivity contribution is -0.117. The van der Waals surface area contributed by atoms with Gasteiger partial charge in [0.25, 0.3) is 0 Å². The van der Waals surface area contributed by atoms with E-state index in [4.69, 9.17) is 5.14 Å². The first-order chi connectivity index (χ1) is 8.70. The molecule has 5 nitrogen and oxygen atoms in total. The van der Waals surface area contributed by atoms with Gasteiger partial charge in [-0.25, -0.2) is 26.7 Å². The number of halogens is 3. The number of carbonyl (C=O) groups excluding carboxylic acids is 1. The van der Waals surface area contributed by atoms with Crippen molar-refractivity contribution < 1.29 is 26.4 Å². The van der Waals surface area contributed by atoms with E-state index in [9.17, 15) is 26.4 Å². The summed E-state index contributed by atoms with van der Waals surface area (Å²) in [6, 6.07) is 1.25. The zero-order chi connectivity index (χ0) is 14.4. The van der Waals surface area contributed by atoms with Gasteiger partial charge in [-0.2, -0.15) is 0 Å². The van der Waals surface area contributed by atoms with E-state index in [0.29, 0.717) is 12.1 Å². The molecule has 1 atom stereocenters. The van der Waals surface area contributed by atoms with Crippen molar-refractivity contribution in [3.05, 3.63) is 29.6 Å². The molecule has 0 aliphatic carbocycles. The molecule has 0 spiro atoms. The van der Waals surface area contributed by atoms with E-state index in [2.05, 4.69) is 0 Å². The zero-order valence-corrected chi connectivity index (χ0v) is 10.3. The van der Waals surface area contributed by atoms with Gasteiger partial charge in [-0.15, -0.1) is 0 Å². The number of nitrogens with zero attached hydrogens (tertiary/aromatic N) is 1. The highest BCUT2D eigenvalue weighted by atomic mass is 32.2. The minimum Gasteiger partial charge on any atom is -0.311 e. The lowest BCUT2D eigenvalue weighted by atomic mass is 10.2. The third-order valence-corrected chi connectivity index (χ3v) is 4.08. The highest BCUT2D eigenvalue weighted by Crippen LogP contribution is 2.27. The Morgan fingerprint density at radius 1 is 1.21 bits per heavy atom. The summed E-state index contributed by atoms with van der Waals surface area (Å²) in [6.07, 6.45) is -0.376. The topological polar surface area (TPSA) is 80.5 Å². The molecule has 1 amide bonds. The third kappa shape index (κ3) is 2.56. The van der Waals surface area contributed by atoms with Gasteiger partial charge in [-0.3, -0.25) is 4.79 Å². The fourth-order valence-electron chi connectivity index (χ4n) is 1.84. The Bertz CT molecular complexity index is 624. The number of nitrogens with two attached hydrogens (primary N) is 1. The van der Waals surface area contributed by atoms with Crippen LogP contribution in [0.25, 0.3) is 0 Å². The maximum atomic E-state index is 13.1. The third-order valence-electron chi connectivity index (χ3n) is 2.83. The van der Waals surface area contributed by atoms with Crippen LogP contribution in [0.15, 0.2) is 12.1 Å². The number of amides is 1. The van der Waals surface area contributed by atoms with Crippen molar-refractivity contribution in [1.82, 2.24) is 0 Å². The first kappa shape index (κ1) is 13.8. The molecule has 0 bridgehead atoms. The molecule has 2 rings (SSSR count). The molecule has 2 N–H and O–H groups in total. The standard InChI is InChI=1S/C10H9F3N2O3S/c11-7-1-5(2-8(12)10(7)13)15-4-6(3-9(15)16)19(14,17)18/h1-2,6H,3-4H2,(H2,14,17,18). The first-order valence-corrected chi connectivity index (χ1v) is 6.77. The van der Waals surface area contributed by atoms with Gasteiger partial charge in [0.2, 0.25) is 15.9 Å². The van der Waals surface area contributed by atoms with Crippen LogP contribution < -0.4 is 10.0 Å². The normalized spacial score (nSPS) is 20.1. The second kappa shape index (κ2) is 4.49. The Morgan fingerprint density at radius 2 is 1.74 bits per heavy atom. The van der Waals surface area contributed by atoms with Crippen molar-refractivity contribution in [3.8, 4) is 0 Å². The Hall–Kier alpha value is -1.61. The van der Waals surface area contributed by atoms with E-state index in [1.54, 1.807) is 0 Å². The molecule has 1 saturated heterocycles. The number of carbonyl (C=O) groups is 1. The molecule has 1 unspecified atom stereocenters. The minimum absolute atomic E-state index is 0.243. The SMILES string of the molecule is NS(=O)(=O)C1CC(=O)N(c2cc(F)c(F)c(F)c2)C1. The van der Waals surface area contributed by atoms with E-state index in [1.165, 1.54) is 0 Å². The lowest BCUT2D eigenvalue weighted by Gasteiger charge is -2.16. The van der Waals surface area contributed by atoms with Gasteiger partial charge in [-0.1, -0.05) is 0 Å². The van der Waals surface area contributed by atoms with Crippen LogP contribution in [0, 0.1) is 17.5 Å². The molecule has 9 heteroatoms. The predicted octanol–water partition coefficient (Wildman–Crippen LogP) is 0.498. The smallest absolute Gasteiger partial charge is 0.228 e. The van der Waals surface area contributed by atoms with Crippen LogP contribution >= 0.6 is 0 Å². The number of benzene rings is 1. The summed E-state index contributed by atoms with van der Waals surface area (Å²) in [7, 11) is -3.93. The summed E-state index contributed by atoms with van der Waals surface area (Å²) >= 11 is 0. The minimum atomic E-state index is -3.93. The van der Waals surface area contributed by atoms with E-state index in [0.717, 1.165) is 4.90 Å². The Kier molecular flexibility index (Phi) is 3.27. The second-order valence-corrected chi connectivity index (χ2v) is 5.99. The predicted molar refractivity (Wildman–Crippen MR) is 60.2 cm³/mol. The average molecular weight is 294 g/mol. The maximum Gasteiger partial charge on any atom is 0.228 e. The molecule has 19 heavy (non-hydrogen) atoms. The van der Waals surface area contributed by atoms with Crippen LogP contribution in [-0.4, -0.2) is 26.1 Å². The summed E-state index contributed by atoms with van der Waals surface area (Å²) < 4.78 is 61.2. The number of rotatable bonds is 2. The van der Waals surface area contributed by atoms with Gasteiger partial charge in [0.1, 0.15) is 5.25 Å². The molecule has 1 heterocycles. The van der Waals surface area contributed by atoms with Gasteiger partial charge >= 0.3 is 0 Å². The lowest BCUT2D eigenvalue weighted by Crippen LogP contribution is -2.32. The van der Waals surface area contributed by atoms with Crippen molar-refractivity contribution in [2.24, 2.45) is 5.14 Å². The Labute approximate surface area is 106 Å². The average Bonchev–Trinajstić information content (AvgIpc) is 2.67. The van der Waals surface area contributed by atoms with Crippen LogP contribution in [0.1, 0.15) is 6.42 Å². The summed E-state index contributed by atoms with van der Waals surface area (Å²) in [5.74, 6) is -5.22. The summed E-state index contributed by atoms with van der Waals surface area (Å²) in [6.45, 7) is -0.317. The Balaban J connectivity index is 2.36. The highest BCUT2D eigenvalue weighted by molar-refractivity contribution is 7.89. The zero-order valence-electron chi connectivity index (χ0n) is 9.44. The van der Waals surface area contributed by atoms with Crippen molar-refractivity contribution in [3.63, 3.8) is 0 Å². The molecular weight excluding hydrogens is 285 g/mol. The molecule has 104 valence electrons. The monoisotopic (exact) mass is 294 g/mol. The molecule has 1 aliphatic heterocycles. The largest absolute Gasteiger partial charge is 0.311 e. The number of primary sulfonamides is 1. The fourth-order valence-corrected chi connectivity index (χ4v) is 2.57. The number of hydrogen-bond donors (Lipinski definition) is 1. The van der Waals surface area contributed by atoms with Crippen molar-refractivity contribution in [2.45, 2.75) is 11.7 Å². The van der Waals surface area contributed by atoms with Crippen LogP contribution in [0.3, 0.4) is 0 Å². The summed E-state index contributed by atoms with van der Waals surface area (Å²) in [4.78, 5) is 12.5. The first-order valence-electron chi connectivity index (χ1n) is 5.16. The van der Waals surface area contributed by atoms with Gasteiger partial charge in [0, 0.05) is 30.8 Å². The van der Waals surface area contributed by atoms with Crippen LogP contribution in [0.4, 0.5) is 18.9 Å². The molecule has 0 saturated carbocycles. The fraction of sp³-hybridized carbons (Fsp3) is 0.300. The van der Waals surface area contributed by atoms with E-state index in [1.807, 2.05) is 0 Å². The van der Waals surface area contributed by atoms with E-state index in [-0.39, 0.29) is 18.7 Å². The highest BCUT2D eigenvalue weighted by Gasteiger charge is 2.37. The quantitative estimate of drug-likeness (QED) is 0.806. The molecule has 1 aliphatic rings. The number of anilines is 1. The molecular formula is C10H9F3N2O3S. The Morgan fingerprint density at radius 3 is 2.16 bits per heavy atom. The molecule has 0 aromatic heterocycles. The molecule has 1 aromatic rings. The molecule has 1 aromatic carbocycles. The maximum absolute atomic E-state index is 13.1. The summed E-state index contributed by atoms with van der Waals surface area (Å²) in [5, 5.41) is 3.77. The van der Waals surface area contributed by atoms with Crippen LogP contribution in [-0.2, 0) is 14.8 Å². The second-order valence-electron chi connectivity index (χ2n) is 4.14. The van der Waals surface area contributed by atoms with Crippen molar-refractivity contribution >= 4 is 21.6 Å². The summed E-state index contributed by atoms with van der Waals surface area (Å²) in [5.41, 5.74) is -0.243. The molecule has 1 fully saturated rings. The van der Waals surface area contributed by atoms with Crippen LogP contribution in [0.2, 0.25) is 0 Å². The number of hydrogen-bond acceptors (Lipinski definition) is 3. The van der Waals surface area contributed by atoms with E-state index >= 15 is 0 Å². The van der Waals surface area contributed by atoms with Crippen LogP contribution in [0.5, 0.6) is 0 Å². The van der Waals surface area contributed by atoms with Crippen molar-refractivity contribution in [2.75, 3.05) is 11.4 Å². The van der Waals surface area contributed by atoms with E-state index < -0.39 is 38.6 Å². The van der Waals surface area contributed by atoms with Gasteiger partial charge in [0.15, 0.2) is 17.5 Å². The molecule has 0 radical (unpaired) electrons. The van der Waals surface area contributed by atoms with Crippen molar-refractivity contribution in [1.29, 1.82) is 0 Å². The van der Waals surface area contributed by atoms with Gasteiger partial charge < -0.3 is 4.90 Å².